The van der Waals surface area contributed by atoms with Crippen molar-refractivity contribution < 1.29 is 4.79 Å². The monoisotopic (exact) mass is 370 g/mol. The molecule has 1 aromatic heterocycles. The van der Waals surface area contributed by atoms with E-state index < -0.39 is 0 Å². The Labute approximate surface area is 161 Å². The summed E-state index contributed by atoms with van der Waals surface area (Å²) < 4.78 is 0. The number of anilines is 1. The number of benzene rings is 2. The molecular weight excluding hydrogens is 356 g/mol. The van der Waals surface area contributed by atoms with E-state index in [1.54, 1.807) is 36.4 Å². The molecule has 0 aliphatic carbocycles. The summed E-state index contributed by atoms with van der Waals surface area (Å²) in [7, 11) is 0. The molecule has 0 saturated carbocycles. The lowest BCUT2D eigenvalue weighted by Crippen LogP contribution is -2.06. The fourth-order valence-corrected chi connectivity index (χ4v) is 3.53. The minimum atomic E-state index is -0.0736. The van der Waals surface area contributed by atoms with Gasteiger partial charge in [-0.3, -0.25) is 4.79 Å². The molecule has 0 radical (unpaired) electrons. The van der Waals surface area contributed by atoms with E-state index in [1.807, 2.05) is 30.3 Å². The van der Waals surface area contributed by atoms with Gasteiger partial charge < -0.3 is 5.73 Å². The number of nitrogen functional groups attached to an aromatic ring is 1. The lowest BCUT2D eigenvalue weighted by atomic mass is 9.97. The third-order valence-electron chi connectivity index (χ3n) is 3.91. The number of rotatable bonds is 5. The maximum atomic E-state index is 12.4. The third kappa shape index (κ3) is 3.82. The van der Waals surface area contributed by atoms with Gasteiger partial charge in [0.05, 0.1) is 11.3 Å². The van der Waals surface area contributed by atoms with Gasteiger partial charge in [0.2, 0.25) is 0 Å². The fourth-order valence-electron chi connectivity index (χ4n) is 2.64. The van der Waals surface area contributed by atoms with E-state index >= 15 is 0 Å². The number of carbonyl (C=O) groups is 1. The van der Waals surface area contributed by atoms with Gasteiger partial charge in [0.1, 0.15) is 28.5 Å². The van der Waals surface area contributed by atoms with Crippen LogP contribution in [-0.4, -0.2) is 16.5 Å². The number of nitrogens with zero attached hydrogens (tertiary/aromatic N) is 3. The lowest BCUT2D eigenvalue weighted by Gasteiger charge is -2.12. The summed E-state index contributed by atoms with van der Waals surface area (Å²) in [5.41, 5.74) is 8.12. The van der Waals surface area contributed by atoms with Crippen molar-refractivity contribution in [3.63, 3.8) is 0 Å². The highest BCUT2D eigenvalue weighted by atomic mass is 32.2. The molecule has 2 aromatic carbocycles. The molecule has 0 atom stereocenters. The molecule has 0 bridgehead atoms. The molecule has 6 heteroatoms. The Morgan fingerprint density at radius 1 is 0.963 bits per heavy atom. The first kappa shape index (κ1) is 18.2. The molecule has 3 aromatic rings. The topological polar surface area (TPSA) is 104 Å². The highest BCUT2D eigenvalue weighted by Crippen LogP contribution is 2.35. The Morgan fingerprint density at radius 2 is 1.56 bits per heavy atom. The average molecular weight is 370 g/mol. The van der Waals surface area contributed by atoms with Gasteiger partial charge in [-0.2, -0.15) is 10.5 Å². The first-order valence-corrected chi connectivity index (χ1v) is 9.04. The lowest BCUT2D eigenvalue weighted by molar-refractivity contribution is 0.102. The van der Waals surface area contributed by atoms with E-state index in [0.717, 1.165) is 11.8 Å². The average Bonchev–Trinajstić information content (AvgIpc) is 2.72. The third-order valence-corrected chi connectivity index (χ3v) is 4.89. The summed E-state index contributed by atoms with van der Waals surface area (Å²) >= 11 is 1.14. The molecule has 0 spiro atoms. The first-order valence-electron chi connectivity index (χ1n) is 8.05. The molecule has 2 N–H and O–H groups in total. The van der Waals surface area contributed by atoms with Gasteiger partial charge >= 0.3 is 0 Å². The Morgan fingerprint density at radius 3 is 2.15 bits per heavy atom. The first-order chi connectivity index (χ1) is 13.2. The molecule has 1 heterocycles. The maximum Gasteiger partial charge on any atom is 0.173 e. The SMILES string of the molecule is N#Cc1c(N)nc(SCC(=O)c2ccccc2)c(C#N)c1-c1ccccc1. The zero-order valence-corrected chi connectivity index (χ0v) is 15.0. The van der Waals surface area contributed by atoms with Crippen molar-refractivity contribution in [2.45, 2.75) is 5.03 Å². The van der Waals surface area contributed by atoms with Crippen LogP contribution in [0.3, 0.4) is 0 Å². The van der Waals surface area contributed by atoms with Crippen LogP contribution < -0.4 is 5.73 Å². The minimum absolute atomic E-state index is 0.0463. The van der Waals surface area contributed by atoms with Gasteiger partial charge in [0.15, 0.2) is 5.78 Å². The molecule has 0 aliphatic heterocycles. The van der Waals surface area contributed by atoms with E-state index in [2.05, 4.69) is 11.1 Å². The Kier molecular flexibility index (Phi) is 5.51. The van der Waals surface area contributed by atoms with E-state index in [4.69, 9.17) is 5.73 Å². The summed E-state index contributed by atoms with van der Waals surface area (Å²) in [6, 6.07) is 22.2. The molecule has 0 amide bonds. The van der Waals surface area contributed by atoms with Crippen molar-refractivity contribution >= 4 is 23.4 Å². The van der Waals surface area contributed by atoms with Gasteiger partial charge in [-0.05, 0) is 5.56 Å². The predicted octanol–water partition coefficient (Wildman–Crippen LogP) is 4.05. The molecule has 0 unspecified atom stereocenters. The molecule has 0 fully saturated rings. The minimum Gasteiger partial charge on any atom is -0.383 e. The van der Waals surface area contributed by atoms with Crippen LogP contribution in [0.1, 0.15) is 21.5 Å². The van der Waals surface area contributed by atoms with Crippen LogP contribution in [0.5, 0.6) is 0 Å². The van der Waals surface area contributed by atoms with Crippen molar-refractivity contribution in [2.75, 3.05) is 11.5 Å². The number of nitriles is 2. The van der Waals surface area contributed by atoms with Crippen molar-refractivity contribution in [2.24, 2.45) is 0 Å². The van der Waals surface area contributed by atoms with Gasteiger partial charge in [0, 0.05) is 11.1 Å². The number of hydrogen-bond acceptors (Lipinski definition) is 6. The smallest absolute Gasteiger partial charge is 0.173 e. The quantitative estimate of drug-likeness (QED) is 0.537. The number of thioether (sulfide) groups is 1. The summed E-state index contributed by atoms with van der Waals surface area (Å²) in [6.45, 7) is 0. The zero-order valence-electron chi connectivity index (χ0n) is 14.2. The van der Waals surface area contributed by atoms with Crippen LogP contribution in [0, 0.1) is 22.7 Å². The second kappa shape index (κ2) is 8.18. The van der Waals surface area contributed by atoms with Crippen LogP contribution >= 0.6 is 11.8 Å². The highest BCUT2D eigenvalue weighted by Gasteiger charge is 2.21. The number of pyridine rings is 1. The second-order valence-corrected chi connectivity index (χ2v) is 6.56. The van der Waals surface area contributed by atoms with Crippen LogP contribution in [-0.2, 0) is 0 Å². The van der Waals surface area contributed by atoms with Crippen LogP contribution in [0.15, 0.2) is 65.7 Å². The van der Waals surface area contributed by atoms with Gasteiger partial charge in [0.25, 0.3) is 0 Å². The normalized spacial score (nSPS) is 10.0. The molecule has 130 valence electrons. The van der Waals surface area contributed by atoms with Crippen LogP contribution in [0.2, 0.25) is 0 Å². The van der Waals surface area contributed by atoms with Crippen molar-refractivity contribution in [3.05, 3.63) is 77.4 Å². The molecule has 0 aliphatic rings. The van der Waals surface area contributed by atoms with Gasteiger partial charge in [-0.25, -0.2) is 4.98 Å². The van der Waals surface area contributed by atoms with E-state index in [-0.39, 0.29) is 28.5 Å². The number of carbonyl (C=O) groups excluding carboxylic acids is 1. The molecule has 0 saturated heterocycles. The maximum absolute atomic E-state index is 12.4. The van der Waals surface area contributed by atoms with Crippen LogP contribution in [0.4, 0.5) is 5.82 Å². The molecular formula is C21H14N4OS. The van der Waals surface area contributed by atoms with E-state index in [9.17, 15) is 15.3 Å². The van der Waals surface area contributed by atoms with Crippen molar-refractivity contribution in [3.8, 4) is 23.3 Å². The largest absolute Gasteiger partial charge is 0.383 e. The van der Waals surface area contributed by atoms with E-state index in [1.165, 1.54) is 0 Å². The van der Waals surface area contributed by atoms with Gasteiger partial charge in [-0.15, -0.1) is 0 Å². The van der Waals surface area contributed by atoms with Crippen LogP contribution in [0.25, 0.3) is 11.1 Å². The zero-order chi connectivity index (χ0) is 19.2. The number of aromatic nitrogens is 1. The highest BCUT2D eigenvalue weighted by molar-refractivity contribution is 8.00. The fraction of sp³-hybridized carbons (Fsp3) is 0.0476. The number of nitrogens with two attached hydrogens (primary N) is 1. The summed E-state index contributed by atoms with van der Waals surface area (Å²) in [6.07, 6.45) is 0. The summed E-state index contributed by atoms with van der Waals surface area (Å²) in [5.74, 6) is 0.0890. The second-order valence-electron chi connectivity index (χ2n) is 5.59. The standard InChI is InChI=1S/C21H14N4OS/c22-11-16-19(15-9-5-2-6-10-15)17(12-23)21(25-20(16)24)27-13-18(26)14-7-3-1-4-8-14/h1-10H,13H2,(H2,24,25). The summed E-state index contributed by atoms with van der Waals surface area (Å²) in [4.78, 5) is 16.6. The number of ketones is 1. The molecule has 3 rings (SSSR count). The number of hydrogen-bond donors (Lipinski definition) is 1. The van der Waals surface area contributed by atoms with Crippen molar-refractivity contribution in [1.29, 1.82) is 10.5 Å². The van der Waals surface area contributed by atoms with Gasteiger partial charge in [-0.1, -0.05) is 72.4 Å². The Bertz CT molecular complexity index is 1070. The number of Topliss-reactive ketones (excluding diaryl/α,β-unsaturated/α-hetero) is 1. The van der Waals surface area contributed by atoms with Crippen molar-refractivity contribution in [1.82, 2.24) is 4.98 Å². The van der Waals surface area contributed by atoms with E-state index in [0.29, 0.717) is 21.7 Å². The molecule has 27 heavy (non-hydrogen) atoms. The molecule has 5 nitrogen and oxygen atoms in total. The Balaban J connectivity index is 2.02. The summed E-state index contributed by atoms with van der Waals surface area (Å²) in [5, 5.41) is 19.6. The Hall–Kier alpha value is -3.61. The predicted molar refractivity (Wildman–Crippen MR) is 105 cm³/mol.